The number of nitrogens with two attached hydrogens (primary N) is 1. The normalized spacial score (nSPS) is 12.1. The Morgan fingerprint density at radius 1 is 1.56 bits per heavy atom. The second kappa shape index (κ2) is 6.07. The molecule has 3 N–H and O–H groups in total. The molecule has 88 valence electrons. The van der Waals surface area contributed by atoms with Gasteiger partial charge >= 0.3 is 0 Å². The molecule has 1 rings (SSSR count). The second-order valence-corrected chi connectivity index (χ2v) is 3.85. The van der Waals surface area contributed by atoms with Gasteiger partial charge in [-0.1, -0.05) is 11.2 Å². The summed E-state index contributed by atoms with van der Waals surface area (Å²) >= 11 is 0. The Bertz CT molecular complexity index is 365. The summed E-state index contributed by atoms with van der Waals surface area (Å²) in [4.78, 5) is 6.49. The highest BCUT2D eigenvalue weighted by Gasteiger charge is 2.03. The molecule has 0 aliphatic carbocycles. The second-order valence-electron chi connectivity index (χ2n) is 3.85. The molecule has 16 heavy (non-hydrogen) atoms. The Labute approximate surface area is 95.6 Å². The van der Waals surface area contributed by atoms with Crippen molar-refractivity contribution in [1.29, 1.82) is 0 Å². The van der Waals surface area contributed by atoms with E-state index < -0.39 is 0 Å². The van der Waals surface area contributed by atoms with Crippen molar-refractivity contribution in [2.45, 2.75) is 19.9 Å². The molecular formula is C11H18N4O. The van der Waals surface area contributed by atoms with Crippen LogP contribution in [0.15, 0.2) is 23.4 Å². The van der Waals surface area contributed by atoms with Crippen LogP contribution in [0.3, 0.4) is 0 Å². The molecule has 0 aromatic carbocycles. The molecular weight excluding hydrogens is 204 g/mol. The number of aryl methyl sites for hydroxylation is 1. The standard InChI is InChI=1S/C11H18N4O/c1-9-4-3-5-10(13-9)8-15(2)7-6-11(12)14-16/h3-5,16H,6-8H2,1-2H3,(H2,12,14). The fourth-order valence-electron chi connectivity index (χ4n) is 1.40. The van der Waals surface area contributed by atoms with Gasteiger partial charge in [-0.05, 0) is 26.1 Å². The molecule has 1 aromatic rings. The van der Waals surface area contributed by atoms with Crippen LogP contribution in [0.5, 0.6) is 0 Å². The molecule has 0 saturated heterocycles. The summed E-state index contributed by atoms with van der Waals surface area (Å²) in [5.41, 5.74) is 7.44. The molecule has 1 aromatic heterocycles. The van der Waals surface area contributed by atoms with E-state index in [1.807, 2.05) is 32.2 Å². The highest BCUT2D eigenvalue weighted by atomic mass is 16.4. The van der Waals surface area contributed by atoms with E-state index in [4.69, 9.17) is 10.9 Å². The fourth-order valence-corrected chi connectivity index (χ4v) is 1.40. The molecule has 0 unspecified atom stereocenters. The average Bonchev–Trinajstić information content (AvgIpc) is 2.26. The molecule has 0 aliphatic heterocycles. The maximum absolute atomic E-state index is 8.41. The van der Waals surface area contributed by atoms with Gasteiger partial charge in [-0.25, -0.2) is 0 Å². The summed E-state index contributed by atoms with van der Waals surface area (Å²) < 4.78 is 0. The molecule has 0 saturated carbocycles. The van der Waals surface area contributed by atoms with E-state index >= 15 is 0 Å². The lowest BCUT2D eigenvalue weighted by atomic mass is 10.3. The van der Waals surface area contributed by atoms with Crippen LogP contribution >= 0.6 is 0 Å². The van der Waals surface area contributed by atoms with Gasteiger partial charge in [0, 0.05) is 25.2 Å². The van der Waals surface area contributed by atoms with Crippen LogP contribution in [0.2, 0.25) is 0 Å². The van der Waals surface area contributed by atoms with Crippen molar-refractivity contribution in [2.24, 2.45) is 10.9 Å². The smallest absolute Gasteiger partial charge is 0.140 e. The number of oxime groups is 1. The van der Waals surface area contributed by atoms with Gasteiger partial charge in [0.1, 0.15) is 5.84 Å². The molecule has 0 amide bonds. The van der Waals surface area contributed by atoms with Crippen LogP contribution in [-0.2, 0) is 6.54 Å². The monoisotopic (exact) mass is 222 g/mol. The van der Waals surface area contributed by atoms with Crippen molar-refractivity contribution in [3.8, 4) is 0 Å². The minimum absolute atomic E-state index is 0.254. The Kier molecular flexibility index (Phi) is 4.72. The predicted octanol–water partition coefficient (Wildman–Crippen LogP) is 0.958. The number of pyridine rings is 1. The Hall–Kier alpha value is -1.62. The average molecular weight is 222 g/mol. The number of amidine groups is 1. The third-order valence-electron chi connectivity index (χ3n) is 2.26. The van der Waals surface area contributed by atoms with Gasteiger partial charge in [-0.3, -0.25) is 4.98 Å². The Balaban J connectivity index is 2.42. The van der Waals surface area contributed by atoms with Crippen LogP contribution < -0.4 is 5.73 Å². The lowest BCUT2D eigenvalue weighted by molar-refractivity contribution is 0.308. The van der Waals surface area contributed by atoms with E-state index in [0.29, 0.717) is 6.42 Å². The highest BCUT2D eigenvalue weighted by molar-refractivity contribution is 5.79. The zero-order valence-electron chi connectivity index (χ0n) is 9.72. The molecule has 1 heterocycles. The van der Waals surface area contributed by atoms with Gasteiger partial charge in [0.15, 0.2) is 0 Å². The lowest BCUT2D eigenvalue weighted by Gasteiger charge is -2.15. The molecule has 5 nitrogen and oxygen atoms in total. The van der Waals surface area contributed by atoms with E-state index in [2.05, 4.69) is 15.0 Å². The van der Waals surface area contributed by atoms with Crippen LogP contribution in [0.4, 0.5) is 0 Å². The minimum Gasteiger partial charge on any atom is -0.409 e. The Morgan fingerprint density at radius 3 is 2.94 bits per heavy atom. The Morgan fingerprint density at radius 2 is 2.31 bits per heavy atom. The van der Waals surface area contributed by atoms with Crippen molar-refractivity contribution in [1.82, 2.24) is 9.88 Å². The van der Waals surface area contributed by atoms with Crippen molar-refractivity contribution in [3.05, 3.63) is 29.6 Å². The molecule has 0 aliphatic rings. The SMILES string of the molecule is Cc1cccc(CN(C)CC/C(N)=N/O)n1. The first kappa shape index (κ1) is 12.4. The van der Waals surface area contributed by atoms with Gasteiger partial charge in [-0.15, -0.1) is 0 Å². The quantitative estimate of drug-likeness (QED) is 0.337. The molecule has 0 atom stereocenters. The lowest BCUT2D eigenvalue weighted by Crippen LogP contribution is -2.24. The van der Waals surface area contributed by atoms with E-state index in [0.717, 1.165) is 24.5 Å². The summed E-state index contributed by atoms with van der Waals surface area (Å²) in [5.74, 6) is 0.254. The van der Waals surface area contributed by atoms with Gasteiger partial charge in [0.05, 0.1) is 5.69 Å². The first-order chi connectivity index (χ1) is 7.61. The van der Waals surface area contributed by atoms with Crippen molar-refractivity contribution in [3.63, 3.8) is 0 Å². The van der Waals surface area contributed by atoms with Crippen LogP contribution in [0.1, 0.15) is 17.8 Å². The summed E-state index contributed by atoms with van der Waals surface area (Å²) in [6, 6.07) is 5.96. The summed E-state index contributed by atoms with van der Waals surface area (Å²) in [7, 11) is 1.98. The minimum atomic E-state index is 0.254. The zero-order chi connectivity index (χ0) is 12.0. The van der Waals surface area contributed by atoms with E-state index in [1.54, 1.807) is 0 Å². The predicted molar refractivity (Wildman–Crippen MR) is 63.3 cm³/mol. The fraction of sp³-hybridized carbons (Fsp3) is 0.455. The number of rotatable bonds is 5. The third kappa shape index (κ3) is 4.27. The van der Waals surface area contributed by atoms with E-state index in [1.165, 1.54) is 0 Å². The summed E-state index contributed by atoms with van der Waals surface area (Å²) in [6.07, 6.45) is 0.554. The highest BCUT2D eigenvalue weighted by Crippen LogP contribution is 2.02. The van der Waals surface area contributed by atoms with E-state index in [9.17, 15) is 0 Å². The number of hydrogen-bond acceptors (Lipinski definition) is 4. The molecule has 0 fully saturated rings. The third-order valence-corrected chi connectivity index (χ3v) is 2.26. The first-order valence-corrected chi connectivity index (χ1v) is 5.19. The maximum atomic E-state index is 8.41. The molecule has 0 radical (unpaired) electrons. The molecule has 0 spiro atoms. The van der Waals surface area contributed by atoms with Crippen molar-refractivity contribution in [2.75, 3.05) is 13.6 Å². The summed E-state index contributed by atoms with van der Waals surface area (Å²) in [6.45, 7) is 3.48. The topological polar surface area (TPSA) is 74.7 Å². The van der Waals surface area contributed by atoms with Gasteiger partial charge in [0.2, 0.25) is 0 Å². The van der Waals surface area contributed by atoms with Gasteiger partial charge in [0.25, 0.3) is 0 Å². The molecule has 5 heteroatoms. The number of aromatic nitrogens is 1. The van der Waals surface area contributed by atoms with Crippen molar-refractivity contribution < 1.29 is 5.21 Å². The van der Waals surface area contributed by atoms with Gasteiger partial charge in [-0.2, -0.15) is 0 Å². The first-order valence-electron chi connectivity index (χ1n) is 5.19. The zero-order valence-corrected chi connectivity index (χ0v) is 9.72. The maximum Gasteiger partial charge on any atom is 0.140 e. The van der Waals surface area contributed by atoms with Crippen molar-refractivity contribution >= 4 is 5.84 Å². The molecule has 0 bridgehead atoms. The van der Waals surface area contributed by atoms with Gasteiger partial charge < -0.3 is 15.8 Å². The number of nitrogens with zero attached hydrogens (tertiary/aromatic N) is 3. The largest absolute Gasteiger partial charge is 0.409 e. The summed E-state index contributed by atoms with van der Waals surface area (Å²) in [5, 5.41) is 11.3. The van der Waals surface area contributed by atoms with Crippen LogP contribution in [0.25, 0.3) is 0 Å². The van der Waals surface area contributed by atoms with Crippen LogP contribution in [-0.4, -0.2) is 34.5 Å². The van der Waals surface area contributed by atoms with Crippen LogP contribution in [0, 0.1) is 6.92 Å². The van der Waals surface area contributed by atoms with E-state index in [-0.39, 0.29) is 5.84 Å². The number of hydrogen-bond donors (Lipinski definition) is 2.